The van der Waals surface area contributed by atoms with Gasteiger partial charge in [-0.3, -0.25) is 0 Å². The maximum Gasteiger partial charge on any atom is 0.330 e. The van der Waals surface area contributed by atoms with E-state index in [0.717, 1.165) is 12.2 Å². The molecule has 0 aliphatic heterocycles. The minimum absolute atomic E-state index is 0.110. The van der Waals surface area contributed by atoms with Gasteiger partial charge in [-0.1, -0.05) is 13.2 Å². The summed E-state index contributed by atoms with van der Waals surface area (Å²) in [6.07, 6.45) is 1.07. The first-order valence-electron chi connectivity index (χ1n) is 19.5. The molecule has 0 rings (SSSR count). The predicted octanol–water partition coefficient (Wildman–Crippen LogP) is 4.51. The van der Waals surface area contributed by atoms with E-state index in [1.807, 2.05) is 69.2 Å². The molecule has 0 aromatic rings. The van der Waals surface area contributed by atoms with E-state index in [1.165, 1.54) is 0 Å². The minimum atomic E-state index is -0.470. The molecule has 0 aliphatic carbocycles. The summed E-state index contributed by atoms with van der Waals surface area (Å²) in [5.74, 6) is -0.938. The number of ether oxygens (including phenoxy) is 13. The lowest BCUT2D eigenvalue weighted by Crippen LogP contribution is -2.30. The zero-order valence-electron chi connectivity index (χ0n) is 35.4. The lowest BCUT2D eigenvalue weighted by Gasteiger charge is -2.23. The van der Waals surface area contributed by atoms with Crippen molar-refractivity contribution < 1.29 is 71.2 Å². The first-order valence-corrected chi connectivity index (χ1v) is 19.5. The van der Waals surface area contributed by atoms with Crippen molar-refractivity contribution in [3.8, 4) is 0 Å². The average molecular weight is 795 g/mol. The van der Waals surface area contributed by atoms with E-state index < -0.39 is 11.9 Å². The van der Waals surface area contributed by atoms with Crippen LogP contribution < -0.4 is 0 Å². The fourth-order valence-corrected chi connectivity index (χ4v) is 4.14. The van der Waals surface area contributed by atoms with Gasteiger partial charge in [0.2, 0.25) is 0 Å². The van der Waals surface area contributed by atoms with Crippen LogP contribution in [0.15, 0.2) is 25.3 Å². The van der Waals surface area contributed by atoms with Crippen molar-refractivity contribution in [2.75, 3.05) is 92.5 Å². The molecule has 0 saturated carbocycles. The molecule has 55 heavy (non-hydrogen) atoms. The smallest absolute Gasteiger partial charge is 0.330 e. The van der Waals surface area contributed by atoms with Gasteiger partial charge in [-0.05, 0) is 69.2 Å². The Morgan fingerprint density at radius 3 is 0.818 bits per heavy atom. The molecule has 0 aromatic heterocycles. The summed E-state index contributed by atoms with van der Waals surface area (Å²) in [6.45, 7) is 31.3. The zero-order valence-corrected chi connectivity index (χ0v) is 35.4. The van der Waals surface area contributed by atoms with Gasteiger partial charge in [-0.15, -0.1) is 0 Å². The molecule has 0 saturated heterocycles. The van der Waals surface area contributed by atoms with Crippen LogP contribution >= 0.6 is 0 Å². The monoisotopic (exact) mass is 795 g/mol. The van der Waals surface area contributed by atoms with Gasteiger partial charge >= 0.3 is 11.9 Å². The highest BCUT2D eigenvalue weighted by Gasteiger charge is 2.16. The number of hydrogen-bond acceptors (Lipinski definition) is 15. The quantitative estimate of drug-likeness (QED) is 0.0489. The van der Waals surface area contributed by atoms with Crippen LogP contribution in [0.4, 0.5) is 0 Å². The molecule has 0 aliphatic rings. The normalized spacial score (nSPS) is 17.2. The molecule has 0 N–H and O–H groups in total. The second-order valence-electron chi connectivity index (χ2n) is 13.8. The van der Waals surface area contributed by atoms with Gasteiger partial charge in [0.1, 0.15) is 13.2 Å². The second-order valence-corrected chi connectivity index (χ2v) is 13.8. The summed E-state index contributed by atoms with van der Waals surface area (Å²) in [6, 6.07) is 0. The van der Waals surface area contributed by atoms with Crippen LogP contribution in [-0.2, 0) is 71.2 Å². The summed E-state index contributed by atoms with van der Waals surface area (Å²) in [5, 5.41) is 0. The Kier molecular flexibility index (Phi) is 32.8. The van der Waals surface area contributed by atoms with Crippen molar-refractivity contribution >= 4 is 11.9 Å². The predicted molar refractivity (Wildman–Crippen MR) is 207 cm³/mol. The van der Waals surface area contributed by atoms with Crippen molar-refractivity contribution in [3.63, 3.8) is 0 Å². The van der Waals surface area contributed by atoms with Gasteiger partial charge in [-0.25, -0.2) is 9.59 Å². The number of carbonyl (C=O) groups excluding carboxylic acids is 2. The van der Waals surface area contributed by atoms with Crippen LogP contribution in [-0.4, -0.2) is 165 Å². The minimum Gasteiger partial charge on any atom is -0.460 e. The van der Waals surface area contributed by atoms with Crippen LogP contribution in [0.2, 0.25) is 0 Å². The Hall–Kier alpha value is -2.02. The van der Waals surface area contributed by atoms with E-state index in [4.69, 9.17) is 61.6 Å². The highest BCUT2D eigenvalue weighted by atomic mass is 16.6. The highest BCUT2D eigenvalue weighted by molar-refractivity contribution is 5.81. The van der Waals surface area contributed by atoms with Crippen LogP contribution in [0.25, 0.3) is 0 Å². The van der Waals surface area contributed by atoms with Gasteiger partial charge in [0.25, 0.3) is 0 Å². The lowest BCUT2D eigenvalue weighted by molar-refractivity contribution is -0.141. The molecule has 324 valence electrons. The van der Waals surface area contributed by atoms with E-state index in [0.29, 0.717) is 79.3 Å². The summed E-state index contributed by atoms with van der Waals surface area (Å²) in [4.78, 5) is 22.1. The van der Waals surface area contributed by atoms with Crippen molar-refractivity contribution in [1.29, 1.82) is 0 Å². The molecule has 10 unspecified atom stereocenters. The van der Waals surface area contributed by atoms with Gasteiger partial charge in [-0.2, -0.15) is 0 Å². The van der Waals surface area contributed by atoms with Crippen LogP contribution in [0.5, 0.6) is 0 Å². The molecule has 0 radical (unpaired) electrons. The third-order valence-electron chi connectivity index (χ3n) is 7.43. The largest absolute Gasteiger partial charge is 0.460 e. The third kappa shape index (κ3) is 33.8. The third-order valence-corrected chi connectivity index (χ3v) is 7.43. The standard InChI is InChI=1S/C40H74O15/c1-13-39(41)45-16-15-43-19-29(3)47-21-31(5)49-23-33(7)51-25-35(9)53-27-37(11)55-28-38(12)54-26-36(10)52-24-34(8)50-22-32(6)48-20-30(4)44-17-18-46-40(42)14-2/h13-14,29-38H,1-2,15-28H2,3-12H3. The van der Waals surface area contributed by atoms with Crippen molar-refractivity contribution in [3.05, 3.63) is 25.3 Å². The molecule has 0 fully saturated rings. The van der Waals surface area contributed by atoms with Crippen LogP contribution in [0.1, 0.15) is 69.2 Å². The van der Waals surface area contributed by atoms with E-state index in [9.17, 15) is 9.59 Å². The van der Waals surface area contributed by atoms with Crippen molar-refractivity contribution in [2.24, 2.45) is 0 Å². The molecule has 15 heteroatoms. The number of rotatable bonds is 38. The average Bonchev–Trinajstić information content (AvgIpc) is 3.17. The molecule has 0 spiro atoms. The molecule has 0 heterocycles. The Morgan fingerprint density at radius 1 is 0.345 bits per heavy atom. The van der Waals surface area contributed by atoms with Crippen LogP contribution in [0, 0.1) is 0 Å². The number of hydrogen-bond donors (Lipinski definition) is 0. The van der Waals surface area contributed by atoms with E-state index >= 15 is 0 Å². The molecular formula is C40H74O15. The molecule has 15 nitrogen and oxygen atoms in total. The fraction of sp³-hybridized carbons (Fsp3) is 0.850. The van der Waals surface area contributed by atoms with Crippen LogP contribution in [0.3, 0.4) is 0 Å². The Bertz CT molecular complexity index is 969. The fourth-order valence-electron chi connectivity index (χ4n) is 4.14. The van der Waals surface area contributed by atoms with Crippen molar-refractivity contribution in [1.82, 2.24) is 0 Å². The Labute approximate surface area is 330 Å². The van der Waals surface area contributed by atoms with E-state index in [1.54, 1.807) is 0 Å². The summed E-state index contributed by atoms with van der Waals surface area (Å²) in [7, 11) is 0. The van der Waals surface area contributed by atoms with Gasteiger partial charge in [0.15, 0.2) is 0 Å². The Balaban J connectivity index is 3.92. The topological polar surface area (TPSA) is 154 Å². The maximum atomic E-state index is 11.0. The van der Waals surface area contributed by atoms with E-state index in [-0.39, 0.29) is 74.3 Å². The van der Waals surface area contributed by atoms with Gasteiger partial charge in [0, 0.05) is 12.2 Å². The van der Waals surface area contributed by atoms with Gasteiger partial charge in [0.05, 0.1) is 140 Å². The Morgan fingerprint density at radius 2 is 0.564 bits per heavy atom. The maximum absolute atomic E-state index is 11.0. The summed E-state index contributed by atoms with van der Waals surface area (Å²) >= 11 is 0. The van der Waals surface area contributed by atoms with Crippen molar-refractivity contribution in [2.45, 2.75) is 130 Å². The first-order chi connectivity index (χ1) is 26.1. The van der Waals surface area contributed by atoms with E-state index in [2.05, 4.69) is 13.2 Å². The molecule has 10 atom stereocenters. The SMILES string of the molecule is C=CC(=O)OCCOCC(C)OCC(C)OCC(C)OCC(C)OCC(C)OCC(C)OCC(C)OCC(C)OCC(C)OCC(C)OCCOC(=O)C=C. The molecule has 0 bridgehead atoms. The molecule has 0 aromatic carbocycles. The number of carbonyl (C=O) groups is 2. The number of esters is 2. The first kappa shape index (κ1) is 53.0. The molecule has 0 amide bonds. The summed E-state index contributed by atoms with van der Waals surface area (Å²) in [5.41, 5.74) is 0. The second kappa shape index (κ2) is 34.1. The zero-order chi connectivity index (χ0) is 41.4. The molecular weight excluding hydrogens is 720 g/mol. The summed E-state index contributed by atoms with van der Waals surface area (Å²) < 4.78 is 73.7. The lowest BCUT2D eigenvalue weighted by atomic mass is 10.3. The highest BCUT2D eigenvalue weighted by Crippen LogP contribution is 2.07. The van der Waals surface area contributed by atoms with Gasteiger partial charge < -0.3 is 61.6 Å².